The smallest absolute Gasteiger partial charge is 0.419 e. The van der Waals surface area contributed by atoms with E-state index in [1.807, 2.05) is 52.2 Å². The van der Waals surface area contributed by atoms with E-state index in [1.54, 1.807) is 42.3 Å². The van der Waals surface area contributed by atoms with Crippen LogP contribution in [0.1, 0.15) is 26.3 Å². The number of aromatic nitrogens is 4. The fourth-order valence-electron chi connectivity index (χ4n) is 3.75. The van der Waals surface area contributed by atoms with Crippen molar-refractivity contribution >= 4 is 45.8 Å². The molecule has 0 aliphatic rings. The van der Waals surface area contributed by atoms with Gasteiger partial charge in [0, 0.05) is 49.1 Å². The van der Waals surface area contributed by atoms with Gasteiger partial charge in [-0.3, -0.25) is 9.67 Å². The Morgan fingerprint density at radius 2 is 2.00 bits per heavy atom. The Hall–Kier alpha value is -4.11. The fourth-order valence-corrected chi connectivity index (χ4v) is 3.97. The Morgan fingerprint density at radius 1 is 1.22 bits per heavy atom. The molecule has 1 aromatic carbocycles. The minimum absolute atomic E-state index is 0.486. The summed E-state index contributed by atoms with van der Waals surface area (Å²) < 4.78 is 8.93. The van der Waals surface area contributed by atoms with Crippen molar-refractivity contribution in [3.05, 3.63) is 71.8 Å². The Labute approximate surface area is 214 Å². The molecule has 4 aromatic rings. The van der Waals surface area contributed by atoms with Crippen molar-refractivity contribution in [2.75, 3.05) is 12.4 Å². The van der Waals surface area contributed by atoms with Crippen LogP contribution < -0.4 is 11.1 Å². The highest BCUT2D eigenvalue weighted by Gasteiger charge is 2.24. The van der Waals surface area contributed by atoms with E-state index in [4.69, 9.17) is 22.1 Å². The molecule has 0 bridgehead atoms. The van der Waals surface area contributed by atoms with Crippen molar-refractivity contribution in [2.24, 2.45) is 17.8 Å². The zero-order valence-corrected chi connectivity index (χ0v) is 21.5. The van der Waals surface area contributed by atoms with Crippen LogP contribution in [0, 0.1) is 0 Å². The summed E-state index contributed by atoms with van der Waals surface area (Å²) >= 11 is 6.55. The lowest BCUT2D eigenvalue weighted by atomic mass is 10.1. The number of nitrogens with zero attached hydrogens (tertiary/aromatic N) is 5. The third-order valence-electron chi connectivity index (χ3n) is 5.29. The second-order valence-electron chi connectivity index (χ2n) is 9.16. The molecule has 0 saturated heterocycles. The normalized spacial score (nSPS) is 12.4. The lowest BCUT2D eigenvalue weighted by Crippen LogP contribution is -2.27. The number of pyridine rings is 1. The first-order valence-corrected chi connectivity index (χ1v) is 11.6. The molecule has 9 nitrogen and oxygen atoms in total. The van der Waals surface area contributed by atoms with Crippen LogP contribution in [0.15, 0.2) is 66.2 Å². The van der Waals surface area contributed by atoms with E-state index in [0.717, 1.165) is 16.5 Å². The largest absolute Gasteiger partial charge is 0.443 e. The number of fused-ring (bicyclic) bond motifs is 1. The number of benzene rings is 1. The van der Waals surface area contributed by atoms with Crippen LogP contribution >= 0.6 is 11.6 Å². The lowest BCUT2D eigenvalue weighted by molar-refractivity contribution is 0.0547. The molecule has 186 valence electrons. The molecule has 10 heteroatoms. The summed E-state index contributed by atoms with van der Waals surface area (Å²) in [6.07, 6.45) is 7.90. The molecular formula is C26H28ClN7O2. The van der Waals surface area contributed by atoms with Crippen LogP contribution in [0.2, 0.25) is 5.02 Å². The van der Waals surface area contributed by atoms with Crippen molar-refractivity contribution in [1.29, 1.82) is 0 Å². The molecule has 0 amide bonds. The van der Waals surface area contributed by atoms with Crippen LogP contribution in [0.3, 0.4) is 0 Å². The van der Waals surface area contributed by atoms with Crippen LogP contribution in [-0.4, -0.2) is 43.8 Å². The summed E-state index contributed by atoms with van der Waals surface area (Å²) in [5, 5.41) is 8.76. The molecule has 3 heterocycles. The van der Waals surface area contributed by atoms with Gasteiger partial charge in [-0.05, 0) is 51.2 Å². The Bertz CT molecular complexity index is 1490. The SMILES string of the molecule is CN=C(C=CN)c1ccc(Nc2cc3c(cn2)cc(-c2cnn(C)c2)n3C(=O)OC(C)(C)C)c(Cl)c1. The topological polar surface area (TPSA) is 112 Å². The third kappa shape index (κ3) is 5.26. The van der Waals surface area contributed by atoms with E-state index in [1.165, 1.54) is 10.8 Å². The summed E-state index contributed by atoms with van der Waals surface area (Å²) in [5.41, 5.74) is 9.13. The summed E-state index contributed by atoms with van der Waals surface area (Å²) in [5.74, 6) is 0.518. The van der Waals surface area contributed by atoms with Gasteiger partial charge in [0.15, 0.2) is 0 Å². The Kier molecular flexibility index (Phi) is 6.85. The van der Waals surface area contributed by atoms with Gasteiger partial charge in [0.2, 0.25) is 0 Å². The quantitative estimate of drug-likeness (QED) is 0.346. The number of carbonyl (C=O) groups excluding carboxylic acids is 1. The number of ether oxygens (including phenoxy) is 1. The van der Waals surface area contributed by atoms with Crippen molar-refractivity contribution in [3.63, 3.8) is 0 Å². The van der Waals surface area contributed by atoms with E-state index in [9.17, 15) is 4.79 Å². The molecule has 0 aliphatic heterocycles. The molecule has 36 heavy (non-hydrogen) atoms. The number of hydrogen-bond donors (Lipinski definition) is 2. The number of carbonyl (C=O) groups is 1. The van der Waals surface area contributed by atoms with E-state index >= 15 is 0 Å². The van der Waals surface area contributed by atoms with Crippen molar-refractivity contribution in [1.82, 2.24) is 19.3 Å². The van der Waals surface area contributed by atoms with Gasteiger partial charge in [0.05, 0.1) is 33.8 Å². The number of aliphatic imine (C=N–C) groups is 1. The zero-order chi connectivity index (χ0) is 26.0. The molecule has 4 rings (SSSR count). The van der Waals surface area contributed by atoms with Gasteiger partial charge in [-0.1, -0.05) is 17.7 Å². The van der Waals surface area contributed by atoms with Gasteiger partial charge < -0.3 is 15.8 Å². The maximum absolute atomic E-state index is 13.3. The highest BCUT2D eigenvalue weighted by atomic mass is 35.5. The highest BCUT2D eigenvalue weighted by Crippen LogP contribution is 2.32. The first-order chi connectivity index (χ1) is 17.1. The molecule has 0 radical (unpaired) electrons. The Balaban J connectivity index is 1.75. The summed E-state index contributed by atoms with van der Waals surface area (Å²) in [7, 11) is 3.51. The number of halogens is 1. The summed E-state index contributed by atoms with van der Waals surface area (Å²) in [6.45, 7) is 5.50. The number of allylic oxidation sites excluding steroid dienone is 1. The van der Waals surface area contributed by atoms with Crippen LogP contribution in [0.4, 0.5) is 16.3 Å². The molecule has 0 aliphatic carbocycles. The first kappa shape index (κ1) is 25.0. The van der Waals surface area contributed by atoms with Crippen molar-refractivity contribution < 1.29 is 9.53 Å². The highest BCUT2D eigenvalue weighted by molar-refractivity contribution is 6.34. The summed E-state index contributed by atoms with van der Waals surface area (Å²) in [4.78, 5) is 22.0. The number of hydrogen-bond acceptors (Lipinski definition) is 7. The predicted molar refractivity (Wildman–Crippen MR) is 144 cm³/mol. The van der Waals surface area contributed by atoms with Crippen LogP contribution in [0.25, 0.3) is 22.2 Å². The number of aryl methyl sites for hydroxylation is 1. The number of rotatable bonds is 5. The van der Waals surface area contributed by atoms with Gasteiger partial charge in [-0.2, -0.15) is 5.10 Å². The average Bonchev–Trinajstić information content (AvgIpc) is 3.41. The summed E-state index contributed by atoms with van der Waals surface area (Å²) in [6, 6.07) is 9.21. The Morgan fingerprint density at radius 3 is 2.61 bits per heavy atom. The molecule has 3 aromatic heterocycles. The second-order valence-corrected chi connectivity index (χ2v) is 9.57. The lowest BCUT2D eigenvalue weighted by Gasteiger charge is -2.21. The minimum atomic E-state index is -0.664. The van der Waals surface area contributed by atoms with E-state index in [0.29, 0.717) is 33.5 Å². The molecular weight excluding hydrogens is 478 g/mol. The van der Waals surface area contributed by atoms with E-state index in [-0.39, 0.29) is 0 Å². The van der Waals surface area contributed by atoms with E-state index in [2.05, 4.69) is 20.4 Å². The fraction of sp³-hybridized carbons (Fsp3) is 0.231. The monoisotopic (exact) mass is 505 g/mol. The molecule has 3 N–H and O–H groups in total. The number of nitrogens with one attached hydrogen (secondary N) is 1. The van der Waals surface area contributed by atoms with Gasteiger partial charge in [-0.25, -0.2) is 14.3 Å². The standard InChI is InChI=1S/C26H28ClN7O2/c1-26(2,3)36-25(35)34-22(18-14-31-33(5)15-18)11-17-13-30-24(12-23(17)34)32-21-7-6-16(10-19(21)27)20(29-4)8-9-28/h6-15H,28H2,1-5H3,(H,30,32). The second kappa shape index (κ2) is 9.87. The minimum Gasteiger partial charge on any atom is -0.443 e. The average molecular weight is 506 g/mol. The van der Waals surface area contributed by atoms with Gasteiger partial charge in [0.25, 0.3) is 0 Å². The molecule has 0 unspecified atom stereocenters. The maximum atomic E-state index is 13.3. The van der Waals surface area contributed by atoms with Gasteiger partial charge in [-0.15, -0.1) is 0 Å². The first-order valence-electron chi connectivity index (χ1n) is 11.3. The van der Waals surface area contributed by atoms with Gasteiger partial charge >= 0.3 is 6.09 Å². The molecule has 0 saturated carbocycles. The maximum Gasteiger partial charge on any atom is 0.419 e. The van der Waals surface area contributed by atoms with Crippen LogP contribution in [-0.2, 0) is 11.8 Å². The van der Waals surface area contributed by atoms with E-state index < -0.39 is 11.7 Å². The third-order valence-corrected chi connectivity index (χ3v) is 5.60. The zero-order valence-electron chi connectivity index (χ0n) is 20.8. The van der Waals surface area contributed by atoms with Crippen LogP contribution in [0.5, 0.6) is 0 Å². The van der Waals surface area contributed by atoms with Crippen molar-refractivity contribution in [3.8, 4) is 11.3 Å². The van der Waals surface area contributed by atoms with Gasteiger partial charge in [0.1, 0.15) is 11.4 Å². The molecule has 0 spiro atoms. The van der Waals surface area contributed by atoms with Crippen molar-refractivity contribution in [2.45, 2.75) is 26.4 Å². The number of nitrogens with two attached hydrogens (primary N) is 1. The molecule has 0 atom stereocenters. The molecule has 0 fully saturated rings. The number of anilines is 2. The predicted octanol–water partition coefficient (Wildman–Crippen LogP) is 5.51.